The van der Waals surface area contributed by atoms with Crippen molar-refractivity contribution in [2.45, 2.75) is 33.2 Å². The fourth-order valence-electron chi connectivity index (χ4n) is 2.80. The molecule has 1 fully saturated rings. The van der Waals surface area contributed by atoms with Gasteiger partial charge in [0.2, 0.25) is 10.0 Å². The van der Waals surface area contributed by atoms with E-state index >= 15 is 0 Å². The third-order valence-electron chi connectivity index (χ3n) is 4.11. The molecule has 1 aliphatic rings. The van der Waals surface area contributed by atoms with E-state index in [1.165, 1.54) is 11.1 Å². The number of aryl methyl sites for hydroxylation is 1. The predicted molar refractivity (Wildman–Crippen MR) is 98.6 cm³/mol. The molecule has 0 unspecified atom stereocenters. The van der Waals surface area contributed by atoms with E-state index in [9.17, 15) is 8.42 Å². The molecule has 1 heterocycles. The van der Waals surface area contributed by atoms with E-state index in [-0.39, 0.29) is 5.75 Å². The van der Waals surface area contributed by atoms with Gasteiger partial charge in [0.25, 0.3) is 0 Å². The van der Waals surface area contributed by atoms with E-state index in [2.05, 4.69) is 34.7 Å². The zero-order chi connectivity index (χ0) is 17.4. The Bertz CT molecular complexity index is 658. The molecule has 134 valence electrons. The van der Waals surface area contributed by atoms with E-state index in [1.807, 2.05) is 19.1 Å². The first-order chi connectivity index (χ1) is 11.6. The Morgan fingerprint density at radius 3 is 2.58 bits per heavy atom. The minimum Gasteiger partial charge on any atom is -0.357 e. The van der Waals surface area contributed by atoms with Crippen LogP contribution in [0, 0.1) is 0 Å². The maximum Gasteiger partial charge on any atom is 0.214 e. The van der Waals surface area contributed by atoms with Gasteiger partial charge in [0.15, 0.2) is 5.96 Å². The largest absolute Gasteiger partial charge is 0.357 e. The van der Waals surface area contributed by atoms with Crippen molar-refractivity contribution in [3.63, 3.8) is 0 Å². The third kappa shape index (κ3) is 5.21. The van der Waals surface area contributed by atoms with Gasteiger partial charge in [-0.25, -0.2) is 17.7 Å². The summed E-state index contributed by atoms with van der Waals surface area (Å²) in [6.45, 7) is 7.20. The Kier molecular flexibility index (Phi) is 7.05. The van der Waals surface area contributed by atoms with Crippen molar-refractivity contribution >= 4 is 16.0 Å². The lowest BCUT2D eigenvalue weighted by Crippen LogP contribution is -2.42. The Labute approximate surface area is 145 Å². The molecular weight excluding hydrogens is 324 g/mol. The molecule has 1 aromatic rings. The molecule has 0 atom stereocenters. The second-order valence-corrected chi connectivity index (χ2v) is 7.90. The number of aliphatic imine (C=N–C) groups is 1. The van der Waals surface area contributed by atoms with Gasteiger partial charge >= 0.3 is 0 Å². The Morgan fingerprint density at radius 2 is 1.96 bits per heavy atom. The van der Waals surface area contributed by atoms with E-state index in [0.717, 1.165) is 25.3 Å². The molecule has 7 heteroatoms. The third-order valence-corrected chi connectivity index (χ3v) is 6.06. The van der Waals surface area contributed by atoms with Crippen LogP contribution in [0.15, 0.2) is 29.3 Å². The first kappa shape index (κ1) is 18.7. The Balaban J connectivity index is 1.91. The second-order valence-electron chi connectivity index (χ2n) is 5.81. The average Bonchev–Trinajstić information content (AvgIpc) is 2.91. The maximum absolute atomic E-state index is 11.8. The lowest BCUT2D eigenvalue weighted by atomic mass is 10.1. The van der Waals surface area contributed by atoms with Gasteiger partial charge in [-0.1, -0.05) is 31.2 Å². The van der Waals surface area contributed by atoms with Gasteiger partial charge in [-0.15, -0.1) is 0 Å². The molecule has 0 aliphatic carbocycles. The molecule has 0 saturated carbocycles. The van der Waals surface area contributed by atoms with Crippen LogP contribution in [0.25, 0.3) is 0 Å². The van der Waals surface area contributed by atoms with Crippen LogP contribution in [0.1, 0.15) is 31.4 Å². The highest BCUT2D eigenvalue weighted by Gasteiger charge is 2.27. The summed E-state index contributed by atoms with van der Waals surface area (Å²) in [6.07, 6.45) is 1.72. The van der Waals surface area contributed by atoms with Crippen molar-refractivity contribution < 1.29 is 8.42 Å². The lowest BCUT2D eigenvalue weighted by Gasteiger charge is -2.16. The highest BCUT2D eigenvalue weighted by atomic mass is 32.2. The maximum atomic E-state index is 11.8. The molecule has 24 heavy (non-hydrogen) atoms. The SMILES string of the molecule is CCNC(=NCc1ccccc1CC)NCCN1CCCS1(=O)=O. The van der Waals surface area contributed by atoms with Crippen molar-refractivity contribution in [1.82, 2.24) is 14.9 Å². The van der Waals surface area contributed by atoms with Gasteiger partial charge in [0.05, 0.1) is 12.3 Å². The molecule has 1 aromatic carbocycles. The van der Waals surface area contributed by atoms with Crippen LogP contribution >= 0.6 is 0 Å². The smallest absolute Gasteiger partial charge is 0.214 e. The van der Waals surface area contributed by atoms with Gasteiger partial charge < -0.3 is 10.6 Å². The number of nitrogens with zero attached hydrogens (tertiary/aromatic N) is 2. The fourth-order valence-corrected chi connectivity index (χ4v) is 4.33. The molecule has 6 nitrogen and oxygen atoms in total. The van der Waals surface area contributed by atoms with Crippen molar-refractivity contribution in [2.24, 2.45) is 4.99 Å². The molecule has 1 saturated heterocycles. The highest BCUT2D eigenvalue weighted by Crippen LogP contribution is 2.12. The first-order valence-electron chi connectivity index (χ1n) is 8.63. The molecule has 0 amide bonds. The van der Waals surface area contributed by atoms with E-state index < -0.39 is 10.0 Å². The quantitative estimate of drug-likeness (QED) is 0.574. The number of hydrogen-bond acceptors (Lipinski definition) is 3. The molecule has 0 spiro atoms. The van der Waals surface area contributed by atoms with Crippen LogP contribution in [-0.4, -0.2) is 50.6 Å². The highest BCUT2D eigenvalue weighted by molar-refractivity contribution is 7.89. The first-order valence-corrected chi connectivity index (χ1v) is 10.2. The monoisotopic (exact) mass is 352 g/mol. The fraction of sp³-hybridized carbons (Fsp3) is 0.588. The summed E-state index contributed by atoms with van der Waals surface area (Å²) in [4.78, 5) is 4.62. The predicted octanol–water partition coefficient (Wildman–Crippen LogP) is 1.34. The van der Waals surface area contributed by atoms with Crippen molar-refractivity contribution in [2.75, 3.05) is 31.9 Å². The molecule has 0 aromatic heterocycles. The summed E-state index contributed by atoms with van der Waals surface area (Å²) in [5.41, 5.74) is 2.53. The van der Waals surface area contributed by atoms with Gasteiger partial charge in [-0.3, -0.25) is 0 Å². The normalized spacial score (nSPS) is 17.8. The lowest BCUT2D eigenvalue weighted by molar-refractivity contribution is 0.445. The molecule has 2 N–H and O–H groups in total. The zero-order valence-electron chi connectivity index (χ0n) is 14.6. The van der Waals surface area contributed by atoms with Gasteiger partial charge in [0.1, 0.15) is 0 Å². The van der Waals surface area contributed by atoms with E-state index in [0.29, 0.717) is 26.2 Å². The van der Waals surface area contributed by atoms with Crippen molar-refractivity contribution in [1.29, 1.82) is 0 Å². The van der Waals surface area contributed by atoms with Crippen LogP contribution in [0.3, 0.4) is 0 Å². The number of rotatable bonds is 7. The van der Waals surface area contributed by atoms with Crippen LogP contribution in [0.2, 0.25) is 0 Å². The van der Waals surface area contributed by atoms with Crippen molar-refractivity contribution in [3.05, 3.63) is 35.4 Å². The molecule has 1 aliphatic heterocycles. The zero-order valence-corrected chi connectivity index (χ0v) is 15.4. The topological polar surface area (TPSA) is 73.8 Å². The minimum atomic E-state index is -3.03. The van der Waals surface area contributed by atoms with Crippen LogP contribution in [-0.2, 0) is 23.0 Å². The summed E-state index contributed by atoms with van der Waals surface area (Å²) in [7, 11) is -3.03. The van der Waals surface area contributed by atoms with Gasteiger partial charge in [0, 0.05) is 26.2 Å². The number of nitrogens with one attached hydrogen (secondary N) is 2. The van der Waals surface area contributed by atoms with Gasteiger partial charge in [-0.05, 0) is 30.9 Å². The van der Waals surface area contributed by atoms with Crippen LogP contribution in [0.4, 0.5) is 0 Å². The molecular formula is C17H28N4O2S. The summed E-state index contributed by atoms with van der Waals surface area (Å²) < 4.78 is 25.1. The minimum absolute atomic E-state index is 0.273. The summed E-state index contributed by atoms with van der Waals surface area (Å²) in [5, 5.41) is 6.43. The molecule has 2 rings (SSSR count). The molecule has 0 bridgehead atoms. The summed E-state index contributed by atoms with van der Waals surface area (Å²) >= 11 is 0. The Morgan fingerprint density at radius 1 is 1.21 bits per heavy atom. The average molecular weight is 353 g/mol. The second kappa shape index (κ2) is 9.03. The molecule has 0 radical (unpaired) electrons. The number of hydrogen-bond donors (Lipinski definition) is 2. The Hall–Kier alpha value is -1.60. The number of benzene rings is 1. The van der Waals surface area contributed by atoms with E-state index in [1.54, 1.807) is 4.31 Å². The van der Waals surface area contributed by atoms with Gasteiger partial charge in [-0.2, -0.15) is 0 Å². The van der Waals surface area contributed by atoms with Crippen LogP contribution in [0.5, 0.6) is 0 Å². The number of guanidine groups is 1. The van der Waals surface area contributed by atoms with E-state index in [4.69, 9.17) is 0 Å². The van der Waals surface area contributed by atoms with Crippen LogP contribution < -0.4 is 10.6 Å². The summed E-state index contributed by atoms with van der Waals surface area (Å²) in [5.74, 6) is 0.995. The number of sulfonamides is 1. The standard InChI is InChI=1S/C17H28N4O2S/c1-3-15-8-5-6-9-16(15)14-20-17(18-4-2)19-10-12-21-11-7-13-24(21,22)23/h5-6,8-9H,3-4,7,10-14H2,1-2H3,(H2,18,19,20). The van der Waals surface area contributed by atoms with Crippen molar-refractivity contribution in [3.8, 4) is 0 Å². The summed E-state index contributed by atoms with van der Waals surface area (Å²) in [6, 6.07) is 8.31.